The number of amides is 1. The van der Waals surface area contributed by atoms with Crippen molar-refractivity contribution in [2.24, 2.45) is 5.73 Å². The molecule has 1 spiro atoms. The number of anilines is 1. The molecule has 1 aliphatic heterocycles. The molecule has 0 bridgehead atoms. The zero-order valence-electron chi connectivity index (χ0n) is 12.4. The Labute approximate surface area is 126 Å². The van der Waals surface area contributed by atoms with Gasteiger partial charge in [-0.05, 0) is 43.9 Å². The minimum Gasteiger partial charge on any atom is -0.382 e. The van der Waals surface area contributed by atoms with Gasteiger partial charge in [0.15, 0.2) is 0 Å². The summed E-state index contributed by atoms with van der Waals surface area (Å²) in [6.07, 6.45) is 8.35. The van der Waals surface area contributed by atoms with Crippen LogP contribution in [0.15, 0.2) is 24.3 Å². The van der Waals surface area contributed by atoms with Gasteiger partial charge >= 0.3 is 0 Å². The van der Waals surface area contributed by atoms with Gasteiger partial charge < -0.3 is 15.8 Å². The van der Waals surface area contributed by atoms with Crippen molar-refractivity contribution in [2.45, 2.75) is 56.6 Å². The van der Waals surface area contributed by atoms with E-state index in [1.54, 1.807) is 6.07 Å². The van der Waals surface area contributed by atoms with E-state index in [9.17, 15) is 4.79 Å². The Morgan fingerprint density at radius 1 is 1.29 bits per heavy atom. The average molecular weight is 288 g/mol. The predicted octanol–water partition coefficient (Wildman–Crippen LogP) is 3.08. The lowest BCUT2D eigenvalue weighted by atomic mass is 9.78. The number of benzene rings is 1. The fraction of sp³-hybridized carbons (Fsp3) is 0.588. The highest BCUT2D eigenvalue weighted by molar-refractivity contribution is 5.93. The Kier molecular flexibility index (Phi) is 4.15. The quantitative estimate of drug-likeness (QED) is 0.898. The van der Waals surface area contributed by atoms with E-state index in [1.807, 2.05) is 18.2 Å². The molecule has 0 radical (unpaired) electrons. The van der Waals surface area contributed by atoms with Crippen LogP contribution in [0.5, 0.6) is 0 Å². The maximum atomic E-state index is 11.3. The van der Waals surface area contributed by atoms with E-state index in [4.69, 9.17) is 10.5 Å². The van der Waals surface area contributed by atoms with Crippen molar-refractivity contribution in [2.75, 3.05) is 11.9 Å². The van der Waals surface area contributed by atoms with Crippen LogP contribution in [-0.4, -0.2) is 24.2 Å². The first-order valence-corrected chi connectivity index (χ1v) is 7.97. The number of primary amides is 1. The van der Waals surface area contributed by atoms with Crippen LogP contribution >= 0.6 is 0 Å². The molecule has 1 atom stereocenters. The Bertz CT molecular complexity index is 504. The van der Waals surface area contributed by atoms with Crippen LogP contribution in [0.2, 0.25) is 0 Å². The molecule has 3 rings (SSSR count). The van der Waals surface area contributed by atoms with Gasteiger partial charge in [-0.25, -0.2) is 0 Å². The molecule has 3 N–H and O–H groups in total. The topological polar surface area (TPSA) is 64.4 Å². The molecule has 1 saturated heterocycles. The Morgan fingerprint density at radius 2 is 2.10 bits per heavy atom. The third-order valence-corrected chi connectivity index (χ3v) is 4.78. The van der Waals surface area contributed by atoms with Crippen molar-refractivity contribution in [1.29, 1.82) is 0 Å². The minimum absolute atomic E-state index is 0.0927. The average Bonchev–Trinajstić information content (AvgIpc) is 2.48. The van der Waals surface area contributed by atoms with Crippen LogP contribution in [0.25, 0.3) is 0 Å². The number of ether oxygens (including phenoxy) is 1. The summed E-state index contributed by atoms with van der Waals surface area (Å²) in [7, 11) is 0. The molecular formula is C17H24N2O2. The van der Waals surface area contributed by atoms with Crippen LogP contribution in [0, 0.1) is 0 Å². The highest BCUT2D eigenvalue weighted by Gasteiger charge is 2.38. The molecule has 114 valence electrons. The van der Waals surface area contributed by atoms with E-state index in [-0.39, 0.29) is 11.5 Å². The number of rotatable bonds is 3. The normalized spacial score (nSPS) is 24.7. The molecule has 2 fully saturated rings. The van der Waals surface area contributed by atoms with E-state index in [0.717, 1.165) is 25.1 Å². The van der Waals surface area contributed by atoms with Gasteiger partial charge in [0.1, 0.15) is 0 Å². The monoisotopic (exact) mass is 288 g/mol. The lowest BCUT2D eigenvalue weighted by Gasteiger charge is -2.44. The maximum Gasteiger partial charge on any atom is 0.248 e. The zero-order chi connectivity index (χ0) is 14.7. The number of hydrogen-bond donors (Lipinski definition) is 2. The molecule has 1 aromatic rings. The van der Waals surface area contributed by atoms with E-state index >= 15 is 0 Å². The number of nitrogens with one attached hydrogen (secondary N) is 1. The second-order valence-electron chi connectivity index (χ2n) is 6.37. The van der Waals surface area contributed by atoms with Crippen molar-refractivity contribution >= 4 is 11.6 Å². The lowest BCUT2D eigenvalue weighted by Crippen LogP contribution is -2.45. The van der Waals surface area contributed by atoms with E-state index < -0.39 is 0 Å². The summed E-state index contributed by atoms with van der Waals surface area (Å²) < 4.78 is 6.12. The van der Waals surface area contributed by atoms with Crippen LogP contribution in [-0.2, 0) is 4.74 Å². The van der Waals surface area contributed by atoms with Crippen molar-refractivity contribution in [3.8, 4) is 0 Å². The molecule has 4 heteroatoms. The van der Waals surface area contributed by atoms with Crippen molar-refractivity contribution in [3.63, 3.8) is 0 Å². The van der Waals surface area contributed by atoms with Crippen LogP contribution < -0.4 is 11.1 Å². The number of carbonyl (C=O) groups excluding carboxylic acids is 1. The van der Waals surface area contributed by atoms with Crippen LogP contribution in [0.4, 0.5) is 5.69 Å². The number of hydrogen-bond acceptors (Lipinski definition) is 3. The standard InChI is InChI=1S/C17H24N2O2/c18-16(20)13-5-4-6-14(11-13)19-15-7-10-21-17(12-15)8-2-1-3-9-17/h4-6,11,15,19H,1-3,7-10,12H2,(H2,18,20). The number of nitrogens with two attached hydrogens (primary N) is 1. The Morgan fingerprint density at radius 3 is 2.86 bits per heavy atom. The summed E-state index contributed by atoms with van der Waals surface area (Å²) in [6, 6.07) is 7.87. The molecule has 1 saturated carbocycles. The first-order chi connectivity index (χ1) is 10.2. The van der Waals surface area contributed by atoms with Gasteiger partial charge in [0.05, 0.1) is 5.60 Å². The summed E-state index contributed by atoms with van der Waals surface area (Å²) in [5, 5.41) is 3.56. The summed E-state index contributed by atoms with van der Waals surface area (Å²) in [6.45, 7) is 0.827. The summed E-state index contributed by atoms with van der Waals surface area (Å²) in [4.78, 5) is 11.3. The second kappa shape index (κ2) is 6.06. The molecule has 1 heterocycles. The number of carbonyl (C=O) groups is 1. The molecule has 2 aliphatic rings. The van der Waals surface area contributed by atoms with Gasteiger partial charge in [-0.2, -0.15) is 0 Å². The van der Waals surface area contributed by atoms with Gasteiger partial charge in [-0.3, -0.25) is 4.79 Å². The summed E-state index contributed by atoms with van der Waals surface area (Å²) in [5.74, 6) is -0.380. The lowest BCUT2D eigenvalue weighted by molar-refractivity contribution is -0.103. The van der Waals surface area contributed by atoms with Crippen molar-refractivity contribution in [1.82, 2.24) is 0 Å². The maximum absolute atomic E-state index is 11.3. The SMILES string of the molecule is NC(=O)c1cccc(NC2CCOC3(CCCCC3)C2)c1. The van der Waals surface area contributed by atoms with E-state index in [1.165, 1.54) is 32.1 Å². The minimum atomic E-state index is -0.380. The molecule has 1 aliphatic carbocycles. The zero-order valence-corrected chi connectivity index (χ0v) is 12.4. The van der Waals surface area contributed by atoms with Crippen molar-refractivity contribution < 1.29 is 9.53 Å². The van der Waals surface area contributed by atoms with Crippen LogP contribution in [0.1, 0.15) is 55.3 Å². The molecule has 0 aromatic heterocycles. The Balaban J connectivity index is 1.67. The highest BCUT2D eigenvalue weighted by atomic mass is 16.5. The first kappa shape index (κ1) is 14.4. The van der Waals surface area contributed by atoms with Gasteiger partial charge in [-0.15, -0.1) is 0 Å². The second-order valence-corrected chi connectivity index (χ2v) is 6.37. The Hall–Kier alpha value is -1.55. The highest BCUT2D eigenvalue weighted by Crippen LogP contribution is 2.39. The van der Waals surface area contributed by atoms with Gasteiger partial charge in [0, 0.05) is 23.9 Å². The summed E-state index contributed by atoms with van der Waals surface area (Å²) >= 11 is 0. The molecule has 1 unspecified atom stereocenters. The van der Waals surface area contributed by atoms with E-state index in [0.29, 0.717) is 11.6 Å². The fourth-order valence-electron chi connectivity index (χ4n) is 3.69. The third-order valence-electron chi connectivity index (χ3n) is 4.78. The van der Waals surface area contributed by atoms with Crippen molar-refractivity contribution in [3.05, 3.63) is 29.8 Å². The van der Waals surface area contributed by atoms with Gasteiger partial charge in [0.2, 0.25) is 5.91 Å². The predicted molar refractivity (Wildman–Crippen MR) is 83.4 cm³/mol. The molecule has 1 aromatic carbocycles. The molecule has 21 heavy (non-hydrogen) atoms. The van der Waals surface area contributed by atoms with Gasteiger partial charge in [-0.1, -0.05) is 25.3 Å². The largest absolute Gasteiger partial charge is 0.382 e. The molecule has 1 amide bonds. The smallest absolute Gasteiger partial charge is 0.248 e. The first-order valence-electron chi connectivity index (χ1n) is 7.97. The molecule has 4 nitrogen and oxygen atoms in total. The fourth-order valence-corrected chi connectivity index (χ4v) is 3.69. The summed E-state index contributed by atoms with van der Waals surface area (Å²) in [5.41, 5.74) is 6.96. The third kappa shape index (κ3) is 3.38. The van der Waals surface area contributed by atoms with Gasteiger partial charge in [0.25, 0.3) is 0 Å². The van der Waals surface area contributed by atoms with E-state index in [2.05, 4.69) is 5.32 Å². The molecular weight excluding hydrogens is 264 g/mol. The van der Waals surface area contributed by atoms with Crippen LogP contribution in [0.3, 0.4) is 0 Å².